The van der Waals surface area contributed by atoms with Crippen LogP contribution >= 0.6 is 0 Å². The average molecular weight is 385 g/mol. The lowest BCUT2D eigenvalue weighted by Crippen LogP contribution is -2.36. The number of fused-ring (bicyclic) bond motifs is 4. The highest BCUT2D eigenvalue weighted by atomic mass is 19.1. The van der Waals surface area contributed by atoms with Gasteiger partial charge < -0.3 is 24.3 Å². The smallest absolute Gasteiger partial charge is 0.228 e. The van der Waals surface area contributed by atoms with Crippen molar-refractivity contribution in [2.75, 3.05) is 20.8 Å². The molecule has 1 N–H and O–H groups in total. The summed E-state index contributed by atoms with van der Waals surface area (Å²) in [7, 11) is 3.16. The Balaban J connectivity index is 1.35. The summed E-state index contributed by atoms with van der Waals surface area (Å²) in [6.45, 7) is 0.828. The third-order valence-corrected chi connectivity index (χ3v) is 5.73. The molecule has 0 aromatic heterocycles. The van der Waals surface area contributed by atoms with Gasteiger partial charge in [-0.15, -0.1) is 0 Å². The molecule has 2 aromatic rings. The molecule has 5 rings (SSSR count). The summed E-state index contributed by atoms with van der Waals surface area (Å²) in [5.74, 6) is 1.09. The summed E-state index contributed by atoms with van der Waals surface area (Å²) in [5.41, 5.74) is 2.68. The van der Waals surface area contributed by atoms with Crippen molar-refractivity contribution in [2.24, 2.45) is 5.92 Å². The highest BCUT2D eigenvalue weighted by Crippen LogP contribution is 2.58. The van der Waals surface area contributed by atoms with Gasteiger partial charge in [-0.05, 0) is 41.5 Å². The number of carbonyl (C=O) groups excluding carboxylic acids is 1. The molecule has 0 saturated heterocycles. The number of rotatable bonds is 4. The zero-order valence-electron chi connectivity index (χ0n) is 15.5. The van der Waals surface area contributed by atoms with E-state index in [4.69, 9.17) is 18.9 Å². The zero-order valence-corrected chi connectivity index (χ0v) is 15.5. The number of halogens is 1. The van der Waals surface area contributed by atoms with Crippen molar-refractivity contribution in [3.05, 3.63) is 52.8 Å². The summed E-state index contributed by atoms with van der Waals surface area (Å²) in [4.78, 5) is 12.9. The van der Waals surface area contributed by atoms with Gasteiger partial charge in [-0.1, -0.05) is 0 Å². The van der Waals surface area contributed by atoms with Crippen LogP contribution in [-0.2, 0) is 16.1 Å². The fourth-order valence-corrected chi connectivity index (χ4v) is 4.30. The quantitative estimate of drug-likeness (QED) is 0.877. The predicted octanol–water partition coefficient (Wildman–Crippen LogP) is 2.71. The Morgan fingerprint density at radius 2 is 1.93 bits per heavy atom. The van der Waals surface area contributed by atoms with Gasteiger partial charge in [-0.25, -0.2) is 4.39 Å². The van der Waals surface area contributed by atoms with Crippen LogP contribution in [0.15, 0.2) is 30.3 Å². The van der Waals surface area contributed by atoms with E-state index in [1.54, 1.807) is 20.3 Å². The van der Waals surface area contributed by atoms with Gasteiger partial charge in [0.2, 0.25) is 5.91 Å². The molecule has 2 aromatic carbocycles. The first-order valence-electron chi connectivity index (χ1n) is 9.19. The lowest BCUT2D eigenvalue weighted by atomic mass is 9.97. The van der Waals surface area contributed by atoms with Crippen molar-refractivity contribution in [1.82, 2.24) is 5.32 Å². The molecule has 2 aliphatic heterocycles. The van der Waals surface area contributed by atoms with Crippen LogP contribution in [0, 0.1) is 11.7 Å². The summed E-state index contributed by atoms with van der Waals surface area (Å²) >= 11 is 0. The first-order chi connectivity index (χ1) is 13.6. The summed E-state index contributed by atoms with van der Waals surface area (Å²) in [6, 6.07) is 7.93. The maximum absolute atomic E-state index is 13.6. The van der Waals surface area contributed by atoms with E-state index in [0.717, 1.165) is 16.7 Å². The number of ether oxygens (including phenoxy) is 4. The van der Waals surface area contributed by atoms with Crippen molar-refractivity contribution in [1.29, 1.82) is 0 Å². The van der Waals surface area contributed by atoms with Gasteiger partial charge in [-0.2, -0.15) is 0 Å². The predicted molar refractivity (Wildman–Crippen MR) is 97.1 cm³/mol. The maximum atomic E-state index is 13.6. The molecule has 1 amide bonds. The van der Waals surface area contributed by atoms with Crippen LogP contribution in [-0.4, -0.2) is 32.8 Å². The fraction of sp³-hybridized carbons (Fsp3) is 0.381. The summed E-state index contributed by atoms with van der Waals surface area (Å²) in [6.07, 6.45) is -0.216. The molecule has 3 aliphatic rings. The monoisotopic (exact) mass is 385 g/mol. The average Bonchev–Trinajstić information content (AvgIpc) is 3.31. The SMILES string of the molecule is COc1cc2c(cc1OC)[C@@H](NC(=O)C1C3Oc4ccc(F)cc4C31)COC2. The van der Waals surface area contributed by atoms with Crippen molar-refractivity contribution in [3.63, 3.8) is 0 Å². The molecule has 1 saturated carbocycles. The van der Waals surface area contributed by atoms with Gasteiger partial charge in [-0.3, -0.25) is 4.79 Å². The van der Waals surface area contributed by atoms with E-state index in [2.05, 4.69) is 5.32 Å². The number of hydrogen-bond acceptors (Lipinski definition) is 5. The normalized spacial score (nSPS) is 26.4. The molecule has 6 nitrogen and oxygen atoms in total. The summed E-state index contributed by atoms with van der Waals surface area (Å²) < 4.78 is 35.8. The topological polar surface area (TPSA) is 66.0 Å². The lowest BCUT2D eigenvalue weighted by molar-refractivity contribution is -0.124. The number of methoxy groups -OCH3 is 2. The molecule has 7 heteroatoms. The zero-order chi connectivity index (χ0) is 19.4. The number of benzene rings is 2. The Labute approximate surface area is 161 Å². The Morgan fingerprint density at radius 3 is 2.71 bits per heavy atom. The molecular weight excluding hydrogens is 365 g/mol. The van der Waals surface area contributed by atoms with Crippen LogP contribution in [0.25, 0.3) is 0 Å². The van der Waals surface area contributed by atoms with E-state index in [1.165, 1.54) is 12.1 Å². The third-order valence-electron chi connectivity index (χ3n) is 5.73. The molecule has 28 heavy (non-hydrogen) atoms. The van der Waals surface area contributed by atoms with Gasteiger partial charge in [0.1, 0.15) is 17.7 Å². The van der Waals surface area contributed by atoms with Crippen LogP contribution in [0.3, 0.4) is 0 Å². The largest absolute Gasteiger partial charge is 0.493 e. The minimum absolute atomic E-state index is 0.0833. The second-order valence-electron chi connectivity index (χ2n) is 7.30. The molecule has 0 spiro atoms. The van der Waals surface area contributed by atoms with Gasteiger partial charge in [0.15, 0.2) is 11.5 Å². The summed E-state index contributed by atoms with van der Waals surface area (Å²) in [5, 5.41) is 3.07. The van der Waals surface area contributed by atoms with Gasteiger partial charge >= 0.3 is 0 Å². The number of carbonyl (C=O) groups is 1. The van der Waals surface area contributed by atoms with Crippen LogP contribution < -0.4 is 19.5 Å². The van der Waals surface area contributed by atoms with Crippen LogP contribution in [0.2, 0.25) is 0 Å². The van der Waals surface area contributed by atoms with Gasteiger partial charge in [0.05, 0.1) is 39.4 Å². The van der Waals surface area contributed by atoms with E-state index in [9.17, 15) is 9.18 Å². The van der Waals surface area contributed by atoms with E-state index >= 15 is 0 Å². The molecular formula is C21H20FNO5. The second-order valence-corrected chi connectivity index (χ2v) is 7.30. The van der Waals surface area contributed by atoms with Crippen molar-refractivity contribution in [3.8, 4) is 17.2 Å². The molecule has 3 unspecified atom stereocenters. The minimum Gasteiger partial charge on any atom is -0.493 e. The fourth-order valence-electron chi connectivity index (χ4n) is 4.30. The molecule has 0 radical (unpaired) electrons. The molecule has 0 bridgehead atoms. The highest BCUT2D eigenvalue weighted by molar-refractivity contribution is 5.86. The number of hydrogen-bond donors (Lipinski definition) is 1. The number of amides is 1. The molecule has 2 heterocycles. The highest BCUT2D eigenvalue weighted by Gasteiger charge is 2.62. The first kappa shape index (κ1) is 17.3. The third kappa shape index (κ3) is 2.61. The van der Waals surface area contributed by atoms with Gasteiger partial charge in [0, 0.05) is 11.5 Å². The standard InChI is InChI=1S/C21H20FNO5/c1-25-16-5-10-8-27-9-14(12(10)7-17(16)26-2)23-21(24)19-18-13-6-11(22)3-4-15(13)28-20(18)19/h3-7,14,18-20H,8-9H2,1-2H3,(H,23,24)/t14-,18?,19?,20?/m0/s1. The Hall–Kier alpha value is -2.80. The van der Waals surface area contributed by atoms with Gasteiger partial charge in [0.25, 0.3) is 0 Å². The number of nitrogens with one attached hydrogen (secondary N) is 1. The van der Waals surface area contributed by atoms with Crippen LogP contribution in [0.4, 0.5) is 4.39 Å². The maximum Gasteiger partial charge on any atom is 0.228 e. The Bertz CT molecular complexity index is 962. The Kier molecular flexibility index (Phi) is 3.94. The molecule has 4 atom stereocenters. The van der Waals surface area contributed by atoms with Crippen molar-refractivity contribution in [2.45, 2.75) is 24.7 Å². The second kappa shape index (κ2) is 6.38. The molecule has 146 valence electrons. The van der Waals surface area contributed by atoms with Crippen molar-refractivity contribution >= 4 is 5.91 Å². The Morgan fingerprint density at radius 1 is 1.14 bits per heavy atom. The van der Waals surface area contributed by atoms with E-state index in [0.29, 0.717) is 30.5 Å². The van der Waals surface area contributed by atoms with E-state index in [-0.39, 0.29) is 35.7 Å². The van der Waals surface area contributed by atoms with Crippen LogP contribution in [0.5, 0.6) is 17.2 Å². The minimum atomic E-state index is -0.315. The molecule has 1 fully saturated rings. The van der Waals surface area contributed by atoms with Crippen molar-refractivity contribution < 1.29 is 28.1 Å². The van der Waals surface area contributed by atoms with Crippen LogP contribution in [0.1, 0.15) is 28.7 Å². The lowest BCUT2D eigenvalue weighted by Gasteiger charge is -2.28. The first-order valence-corrected chi connectivity index (χ1v) is 9.19. The van der Waals surface area contributed by atoms with E-state index < -0.39 is 0 Å². The molecule has 1 aliphatic carbocycles. The van der Waals surface area contributed by atoms with E-state index in [1.807, 2.05) is 12.1 Å².